The Kier molecular flexibility index (Phi) is 4.20. The number of aryl methyl sites for hydroxylation is 1. The van der Waals surface area contributed by atoms with Crippen molar-refractivity contribution in [3.63, 3.8) is 0 Å². The van der Waals surface area contributed by atoms with Gasteiger partial charge in [0.2, 0.25) is 0 Å². The standard InChI is InChI=1S/C15H15FN2O2/c1-10-4-2-6-12(8-10)20-9-11-5-3-7-13(14(11)16)15(17)18-19/h2-8,19H,9H2,1H3,(H2,17,18). The largest absolute Gasteiger partial charge is 0.489 e. The van der Waals surface area contributed by atoms with E-state index in [2.05, 4.69) is 5.16 Å². The number of nitrogens with two attached hydrogens (primary N) is 1. The zero-order valence-electron chi connectivity index (χ0n) is 11.0. The number of oxime groups is 1. The number of hydrogen-bond acceptors (Lipinski definition) is 3. The maximum Gasteiger partial charge on any atom is 0.173 e. The van der Waals surface area contributed by atoms with Crippen molar-refractivity contribution >= 4 is 5.84 Å². The molecule has 0 radical (unpaired) electrons. The van der Waals surface area contributed by atoms with E-state index in [0.29, 0.717) is 11.3 Å². The minimum Gasteiger partial charge on any atom is -0.489 e. The van der Waals surface area contributed by atoms with E-state index >= 15 is 0 Å². The molecule has 2 aromatic carbocycles. The van der Waals surface area contributed by atoms with Crippen LogP contribution in [0.15, 0.2) is 47.6 Å². The summed E-state index contributed by atoms with van der Waals surface area (Å²) in [6.07, 6.45) is 0. The van der Waals surface area contributed by atoms with Crippen LogP contribution in [0.25, 0.3) is 0 Å². The molecule has 0 amide bonds. The molecule has 0 spiro atoms. The quantitative estimate of drug-likeness (QED) is 0.390. The lowest BCUT2D eigenvalue weighted by Crippen LogP contribution is -2.16. The van der Waals surface area contributed by atoms with Crippen LogP contribution in [0.4, 0.5) is 4.39 Å². The van der Waals surface area contributed by atoms with Crippen LogP contribution in [0.2, 0.25) is 0 Å². The third-order valence-corrected chi connectivity index (χ3v) is 2.85. The van der Waals surface area contributed by atoms with Crippen LogP contribution in [0.1, 0.15) is 16.7 Å². The second-order valence-corrected chi connectivity index (χ2v) is 4.37. The summed E-state index contributed by atoms with van der Waals surface area (Å²) in [5.41, 5.74) is 6.87. The molecule has 0 aliphatic heterocycles. The average Bonchev–Trinajstić information content (AvgIpc) is 2.45. The molecule has 5 heteroatoms. The summed E-state index contributed by atoms with van der Waals surface area (Å²) in [5, 5.41) is 11.4. The zero-order valence-corrected chi connectivity index (χ0v) is 11.0. The highest BCUT2D eigenvalue weighted by atomic mass is 19.1. The van der Waals surface area contributed by atoms with Crippen LogP contribution in [-0.4, -0.2) is 11.0 Å². The highest BCUT2D eigenvalue weighted by molar-refractivity contribution is 5.97. The Labute approximate surface area is 116 Å². The van der Waals surface area contributed by atoms with E-state index in [-0.39, 0.29) is 18.0 Å². The highest BCUT2D eigenvalue weighted by Gasteiger charge is 2.11. The number of ether oxygens (including phenoxy) is 1. The van der Waals surface area contributed by atoms with Gasteiger partial charge in [0.05, 0.1) is 5.56 Å². The van der Waals surface area contributed by atoms with Crippen molar-refractivity contribution in [2.75, 3.05) is 0 Å². The predicted molar refractivity (Wildman–Crippen MR) is 74.4 cm³/mol. The molecule has 0 heterocycles. The van der Waals surface area contributed by atoms with Gasteiger partial charge in [-0.25, -0.2) is 4.39 Å². The van der Waals surface area contributed by atoms with Crippen molar-refractivity contribution < 1.29 is 14.3 Å². The lowest BCUT2D eigenvalue weighted by molar-refractivity contribution is 0.299. The van der Waals surface area contributed by atoms with E-state index in [1.54, 1.807) is 18.2 Å². The maximum absolute atomic E-state index is 14.1. The second kappa shape index (κ2) is 6.06. The summed E-state index contributed by atoms with van der Waals surface area (Å²) in [5.74, 6) is -0.144. The molecule has 2 rings (SSSR count). The van der Waals surface area contributed by atoms with Gasteiger partial charge in [0.25, 0.3) is 0 Å². The summed E-state index contributed by atoms with van der Waals surface area (Å²) < 4.78 is 19.7. The van der Waals surface area contributed by atoms with Crippen molar-refractivity contribution in [3.05, 3.63) is 65.0 Å². The Morgan fingerprint density at radius 3 is 2.75 bits per heavy atom. The van der Waals surface area contributed by atoms with Crippen LogP contribution < -0.4 is 10.5 Å². The lowest BCUT2D eigenvalue weighted by atomic mass is 10.1. The van der Waals surface area contributed by atoms with Crippen LogP contribution in [0.3, 0.4) is 0 Å². The first-order valence-electron chi connectivity index (χ1n) is 6.06. The Bertz CT molecular complexity index is 642. The second-order valence-electron chi connectivity index (χ2n) is 4.37. The third kappa shape index (κ3) is 3.06. The number of nitrogens with zero attached hydrogens (tertiary/aromatic N) is 1. The molecule has 0 saturated carbocycles. The van der Waals surface area contributed by atoms with Crippen molar-refractivity contribution in [3.8, 4) is 5.75 Å². The van der Waals surface area contributed by atoms with Crippen LogP contribution >= 0.6 is 0 Å². The molecule has 0 unspecified atom stereocenters. The fourth-order valence-corrected chi connectivity index (χ4v) is 1.81. The van der Waals surface area contributed by atoms with Gasteiger partial charge in [0.1, 0.15) is 18.2 Å². The van der Waals surface area contributed by atoms with Crippen molar-refractivity contribution in [2.45, 2.75) is 13.5 Å². The molecule has 20 heavy (non-hydrogen) atoms. The SMILES string of the molecule is Cc1cccc(OCc2cccc(/C(N)=N/O)c2F)c1. The van der Waals surface area contributed by atoms with E-state index in [9.17, 15) is 4.39 Å². The monoisotopic (exact) mass is 274 g/mol. The molecule has 0 aliphatic rings. The Morgan fingerprint density at radius 1 is 1.30 bits per heavy atom. The minimum absolute atomic E-state index is 0.0536. The first-order valence-corrected chi connectivity index (χ1v) is 6.06. The molecule has 0 fully saturated rings. The number of rotatable bonds is 4. The molecular formula is C15H15FN2O2. The molecule has 0 aliphatic carbocycles. The predicted octanol–water partition coefficient (Wildman–Crippen LogP) is 2.81. The molecule has 0 aromatic heterocycles. The fourth-order valence-electron chi connectivity index (χ4n) is 1.81. The molecule has 2 aromatic rings. The number of hydrogen-bond donors (Lipinski definition) is 2. The molecule has 0 saturated heterocycles. The molecule has 0 bridgehead atoms. The number of benzene rings is 2. The maximum atomic E-state index is 14.1. The zero-order chi connectivity index (χ0) is 14.5. The summed E-state index contributed by atoms with van der Waals surface area (Å²) in [6, 6.07) is 12.2. The van der Waals surface area contributed by atoms with Gasteiger partial charge < -0.3 is 15.7 Å². The Hall–Kier alpha value is -2.56. The first kappa shape index (κ1) is 13.9. The normalized spacial score (nSPS) is 11.4. The van der Waals surface area contributed by atoms with Gasteiger partial charge in [-0.15, -0.1) is 0 Å². The minimum atomic E-state index is -0.546. The van der Waals surface area contributed by atoms with Gasteiger partial charge in [-0.1, -0.05) is 29.4 Å². The fraction of sp³-hybridized carbons (Fsp3) is 0.133. The summed E-state index contributed by atoms with van der Waals surface area (Å²) in [7, 11) is 0. The molecular weight excluding hydrogens is 259 g/mol. The average molecular weight is 274 g/mol. The van der Waals surface area contributed by atoms with E-state index in [4.69, 9.17) is 15.7 Å². The van der Waals surface area contributed by atoms with E-state index in [1.165, 1.54) is 6.07 Å². The Balaban J connectivity index is 2.18. The summed E-state index contributed by atoms with van der Waals surface area (Å²) in [4.78, 5) is 0. The third-order valence-electron chi connectivity index (χ3n) is 2.85. The number of amidine groups is 1. The van der Waals surface area contributed by atoms with E-state index in [0.717, 1.165) is 5.56 Å². The van der Waals surface area contributed by atoms with Gasteiger partial charge in [-0.05, 0) is 30.7 Å². The van der Waals surface area contributed by atoms with Gasteiger partial charge in [0.15, 0.2) is 5.84 Å². The molecule has 4 nitrogen and oxygen atoms in total. The van der Waals surface area contributed by atoms with Crippen LogP contribution in [-0.2, 0) is 6.61 Å². The van der Waals surface area contributed by atoms with Gasteiger partial charge in [-0.2, -0.15) is 0 Å². The Morgan fingerprint density at radius 2 is 2.05 bits per heavy atom. The van der Waals surface area contributed by atoms with Crippen LogP contribution in [0, 0.1) is 12.7 Å². The topological polar surface area (TPSA) is 67.8 Å². The van der Waals surface area contributed by atoms with Crippen molar-refractivity contribution in [1.82, 2.24) is 0 Å². The van der Waals surface area contributed by atoms with Crippen molar-refractivity contribution in [1.29, 1.82) is 0 Å². The van der Waals surface area contributed by atoms with E-state index < -0.39 is 5.82 Å². The molecule has 0 atom stereocenters. The molecule has 3 N–H and O–H groups in total. The summed E-state index contributed by atoms with van der Waals surface area (Å²) in [6.45, 7) is 2.02. The van der Waals surface area contributed by atoms with Gasteiger partial charge in [0, 0.05) is 5.56 Å². The highest BCUT2D eigenvalue weighted by Crippen LogP contribution is 2.17. The van der Waals surface area contributed by atoms with Gasteiger partial charge >= 0.3 is 0 Å². The molecule has 104 valence electrons. The lowest BCUT2D eigenvalue weighted by Gasteiger charge is -2.09. The van der Waals surface area contributed by atoms with E-state index in [1.807, 2.05) is 25.1 Å². The van der Waals surface area contributed by atoms with Gasteiger partial charge in [-0.3, -0.25) is 0 Å². The van der Waals surface area contributed by atoms with Crippen LogP contribution in [0.5, 0.6) is 5.75 Å². The van der Waals surface area contributed by atoms with Crippen molar-refractivity contribution in [2.24, 2.45) is 10.9 Å². The summed E-state index contributed by atoms with van der Waals surface area (Å²) >= 11 is 0. The number of halogens is 1. The smallest absolute Gasteiger partial charge is 0.173 e. The first-order chi connectivity index (χ1) is 9.61.